The topological polar surface area (TPSA) is 20.2 Å². The van der Waals surface area contributed by atoms with Gasteiger partial charge in [0.2, 0.25) is 0 Å². The molecule has 0 heterocycles. The first kappa shape index (κ1) is 10.0. The SMILES string of the molecule is C.CC(C)(C)CO. The first-order valence-corrected chi connectivity index (χ1v) is 2.17. The van der Waals surface area contributed by atoms with Crippen molar-refractivity contribution in [2.24, 2.45) is 5.41 Å². The van der Waals surface area contributed by atoms with Crippen LogP contribution in [0.25, 0.3) is 0 Å². The molecule has 0 spiro atoms. The Bertz CT molecular complexity index is 33.9. The number of aliphatic hydroxyl groups is 1. The minimum Gasteiger partial charge on any atom is -0.396 e. The molecule has 0 saturated heterocycles. The standard InChI is InChI=1S/C5H12O.CH4/c1-5(2,3)4-6;/h6H,4H2,1-3H3;1H4. The third-order valence-corrected chi connectivity index (χ3v) is 0.474. The predicted octanol–water partition coefficient (Wildman–Crippen LogP) is 1.66. The van der Waals surface area contributed by atoms with Crippen molar-refractivity contribution in [1.82, 2.24) is 0 Å². The normalized spacial score (nSPS) is 10.3. The highest BCUT2D eigenvalue weighted by Crippen LogP contribution is 2.09. The average molecular weight is 104 g/mol. The van der Waals surface area contributed by atoms with Crippen molar-refractivity contribution < 1.29 is 5.11 Å². The highest BCUT2D eigenvalue weighted by Gasteiger charge is 2.05. The molecule has 0 aromatic rings. The number of rotatable bonds is 0. The molecule has 1 heteroatoms. The molecular formula is C6H16O. The van der Waals surface area contributed by atoms with Crippen LogP contribution in [-0.4, -0.2) is 11.7 Å². The van der Waals surface area contributed by atoms with Crippen LogP contribution in [0.15, 0.2) is 0 Å². The average Bonchev–Trinajstić information content (AvgIpc) is 1.35. The molecule has 0 aromatic carbocycles. The summed E-state index contributed by atoms with van der Waals surface area (Å²) in [6.07, 6.45) is 0. The first-order valence-electron chi connectivity index (χ1n) is 2.17. The van der Waals surface area contributed by atoms with Gasteiger partial charge in [0.15, 0.2) is 0 Å². The molecule has 46 valence electrons. The summed E-state index contributed by atoms with van der Waals surface area (Å²) in [6, 6.07) is 0. The fourth-order valence-corrected chi connectivity index (χ4v) is 0. The van der Waals surface area contributed by atoms with E-state index in [9.17, 15) is 0 Å². The summed E-state index contributed by atoms with van der Waals surface area (Å²) < 4.78 is 0. The molecule has 0 atom stereocenters. The van der Waals surface area contributed by atoms with Crippen LogP contribution in [0.3, 0.4) is 0 Å². The van der Waals surface area contributed by atoms with Crippen LogP contribution in [0.2, 0.25) is 0 Å². The Kier molecular flexibility index (Phi) is 4.35. The quantitative estimate of drug-likeness (QED) is 0.495. The Labute approximate surface area is 46.4 Å². The van der Waals surface area contributed by atoms with E-state index < -0.39 is 0 Å². The van der Waals surface area contributed by atoms with Crippen molar-refractivity contribution in [2.75, 3.05) is 6.61 Å². The second kappa shape index (κ2) is 3.03. The van der Waals surface area contributed by atoms with E-state index in [4.69, 9.17) is 5.11 Å². The van der Waals surface area contributed by atoms with Gasteiger partial charge in [-0.05, 0) is 5.41 Å². The third-order valence-electron chi connectivity index (χ3n) is 0.474. The molecule has 0 saturated carbocycles. The van der Waals surface area contributed by atoms with Gasteiger partial charge in [0.25, 0.3) is 0 Å². The molecule has 0 unspecified atom stereocenters. The molecule has 0 aliphatic heterocycles. The minimum atomic E-state index is 0. The Balaban J connectivity index is 0. The Hall–Kier alpha value is -0.0400. The zero-order valence-electron chi connectivity index (χ0n) is 4.65. The predicted molar refractivity (Wildman–Crippen MR) is 33.3 cm³/mol. The summed E-state index contributed by atoms with van der Waals surface area (Å²) in [6.45, 7) is 6.25. The lowest BCUT2D eigenvalue weighted by atomic mass is 9.99. The lowest BCUT2D eigenvalue weighted by Crippen LogP contribution is -2.09. The zero-order valence-corrected chi connectivity index (χ0v) is 4.65. The maximum atomic E-state index is 8.40. The van der Waals surface area contributed by atoms with Gasteiger partial charge in [-0.2, -0.15) is 0 Å². The van der Waals surface area contributed by atoms with Crippen LogP contribution in [0.4, 0.5) is 0 Å². The fourth-order valence-electron chi connectivity index (χ4n) is 0. The zero-order chi connectivity index (χ0) is 5.21. The van der Waals surface area contributed by atoms with Crippen molar-refractivity contribution in [3.8, 4) is 0 Å². The summed E-state index contributed by atoms with van der Waals surface area (Å²) in [7, 11) is 0. The molecule has 0 aliphatic carbocycles. The summed E-state index contributed by atoms with van der Waals surface area (Å²) in [5, 5.41) is 8.40. The van der Waals surface area contributed by atoms with Crippen LogP contribution in [-0.2, 0) is 0 Å². The number of hydrogen-bond donors (Lipinski definition) is 1. The van der Waals surface area contributed by atoms with E-state index in [1.54, 1.807) is 0 Å². The maximum absolute atomic E-state index is 8.40. The molecule has 0 radical (unpaired) electrons. The van der Waals surface area contributed by atoms with Gasteiger partial charge in [-0.15, -0.1) is 0 Å². The Morgan fingerprint density at radius 3 is 1.43 bits per heavy atom. The molecule has 0 aliphatic rings. The molecule has 0 amide bonds. The molecule has 0 aromatic heterocycles. The van der Waals surface area contributed by atoms with Gasteiger partial charge in [-0.1, -0.05) is 28.2 Å². The van der Waals surface area contributed by atoms with Crippen molar-refractivity contribution >= 4 is 0 Å². The number of aliphatic hydroxyl groups excluding tert-OH is 1. The van der Waals surface area contributed by atoms with E-state index in [1.165, 1.54) is 0 Å². The van der Waals surface area contributed by atoms with Gasteiger partial charge in [-0.3, -0.25) is 0 Å². The summed E-state index contributed by atoms with van der Waals surface area (Å²) >= 11 is 0. The summed E-state index contributed by atoms with van der Waals surface area (Å²) in [4.78, 5) is 0. The highest BCUT2D eigenvalue weighted by molar-refractivity contribution is 4.55. The maximum Gasteiger partial charge on any atom is 0.0479 e. The summed E-state index contributed by atoms with van der Waals surface area (Å²) in [5.74, 6) is 0. The van der Waals surface area contributed by atoms with E-state index in [2.05, 4.69) is 0 Å². The van der Waals surface area contributed by atoms with E-state index >= 15 is 0 Å². The largest absolute Gasteiger partial charge is 0.396 e. The Morgan fingerprint density at radius 2 is 1.43 bits per heavy atom. The van der Waals surface area contributed by atoms with Gasteiger partial charge < -0.3 is 5.11 Å². The minimum absolute atomic E-state index is 0. The lowest BCUT2D eigenvalue weighted by Gasteiger charge is -2.11. The third kappa shape index (κ3) is 10.7. The Morgan fingerprint density at radius 1 is 1.29 bits per heavy atom. The van der Waals surface area contributed by atoms with Gasteiger partial charge in [-0.25, -0.2) is 0 Å². The van der Waals surface area contributed by atoms with Crippen LogP contribution < -0.4 is 0 Å². The van der Waals surface area contributed by atoms with Crippen molar-refractivity contribution in [1.29, 1.82) is 0 Å². The molecule has 0 bridgehead atoms. The molecule has 7 heavy (non-hydrogen) atoms. The molecule has 0 fully saturated rings. The van der Waals surface area contributed by atoms with Crippen LogP contribution >= 0.6 is 0 Å². The second-order valence-electron chi connectivity index (χ2n) is 2.72. The monoisotopic (exact) mass is 104 g/mol. The van der Waals surface area contributed by atoms with Crippen LogP contribution in [0.5, 0.6) is 0 Å². The van der Waals surface area contributed by atoms with E-state index in [0.717, 1.165) is 0 Å². The van der Waals surface area contributed by atoms with Gasteiger partial charge in [0.1, 0.15) is 0 Å². The van der Waals surface area contributed by atoms with Gasteiger partial charge >= 0.3 is 0 Å². The highest BCUT2D eigenvalue weighted by atomic mass is 16.3. The van der Waals surface area contributed by atoms with E-state index in [-0.39, 0.29) is 19.4 Å². The van der Waals surface area contributed by atoms with Crippen molar-refractivity contribution in [3.63, 3.8) is 0 Å². The van der Waals surface area contributed by atoms with Crippen molar-refractivity contribution in [3.05, 3.63) is 0 Å². The smallest absolute Gasteiger partial charge is 0.0479 e. The molecule has 1 nitrogen and oxygen atoms in total. The molecular weight excluding hydrogens is 88.1 g/mol. The second-order valence-corrected chi connectivity index (χ2v) is 2.72. The van der Waals surface area contributed by atoms with Gasteiger partial charge in [0.05, 0.1) is 0 Å². The lowest BCUT2D eigenvalue weighted by molar-refractivity contribution is 0.177. The van der Waals surface area contributed by atoms with Gasteiger partial charge in [0, 0.05) is 6.61 Å². The van der Waals surface area contributed by atoms with Crippen LogP contribution in [0.1, 0.15) is 28.2 Å². The van der Waals surface area contributed by atoms with Crippen LogP contribution in [0, 0.1) is 5.41 Å². The molecule has 1 N–H and O–H groups in total. The fraction of sp³-hybridized carbons (Fsp3) is 1.00. The van der Waals surface area contributed by atoms with E-state index in [0.29, 0.717) is 0 Å². The molecule has 0 rings (SSSR count). The summed E-state index contributed by atoms with van der Waals surface area (Å²) in [5.41, 5.74) is 0.0972. The first-order chi connectivity index (χ1) is 2.56. The van der Waals surface area contributed by atoms with E-state index in [1.807, 2.05) is 20.8 Å². The van der Waals surface area contributed by atoms with Crippen molar-refractivity contribution in [2.45, 2.75) is 28.2 Å². The number of hydrogen-bond acceptors (Lipinski definition) is 1.